The molecule has 2 aromatic rings. The number of rotatable bonds is 10. The monoisotopic (exact) mass is 372 g/mol. The van der Waals surface area contributed by atoms with Crippen LogP contribution in [0.25, 0.3) is 0 Å². The molecule has 0 fully saturated rings. The molecule has 0 radical (unpaired) electrons. The number of carbonyl (C=O) groups is 1. The molecule has 0 aliphatic carbocycles. The highest BCUT2D eigenvalue weighted by molar-refractivity contribution is 5.76. The first-order valence-electron chi connectivity index (χ1n) is 8.94. The van der Waals surface area contributed by atoms with E-state index in [9.17, 15) is 9.90 Å². The summed E-state index contributed by atoms with van der Waals surface area (Å²) in [5.41, 5.74) is 7.02. The van der Waals surface area contributed by atoms with Crippen LogP contribution in [0.2, 0.25) is 0 Å². The Morgan fingerprint density at radius 2 is 1.93 bits per heavy atom. The molecule has 0 saturated heterocycles. The number of hydrogen-bond acceptors (Lipinski definition) is 6. The number of benzene rings is 2. The van der Waals surface area contributed by atoms with E-state index >= 15 is 0 Å². The summed E-state index contributed by atoms with van der Waals surface area (Å²) in [6.07, 6.45) is 2.04. The largest absolute Gasteiger partial charge is 0.504 e. The smallest absolute Gasteiger partial charge is 0.231 e. The number of aromatic hydroxyl groups is 1. The predicted octanol–water partition coefficient (Wildman–Crippen LogP) is 1.75. The summed E-state index contributed by atoms with van der Waals surface area (Å²) >= 11 is 0. The maximum absolute atomic E-state index is 10.9. The number of aryl methyl sites for hydroxylation is 1. The standard InChI is InChI=1S/C20H24N2O5/c21-20(24)12-15-4-5-17(16(23)10-15)25-9-8-22-7-1-2-14-3-6-18-19(11-14)27-13-26-18/h3-6,10-11,22-23H,1-2,7-9,12-13H2,(H2,21,24). The van der Waals surface area contributed by atoms with Crippen molar-refractivity contribution in [3.8, 4) is 23.0 Å². The minimum atomic E-state index is -0.437. The zero-order chi connectivity index (χ0) is 19.1. The van der Waals surface area contributed by atoms with Crippen molar-refractivity contribution in [2.75, 3.05) is 26.5 Å². The van der Waals surface area contributed by atoms with Crippen LogP contribution in [0.1, 0.15) is 17.5 Å². The summed E-state index contributed by atoms with van der Waals surface area (Å²) in [6, 6.07) is 10.9. The maximum Gasteiger partial charge on any atom is 0.231 e. The van der Waals surface area contributed by atoms with Gasteiger partial charge in [-0.25, -0.2) is 0 Å². The van der Waals surface area contributed by atoms with E-state index < -0.39 is 5.91 Å². The van der Waals surface area contributed by atoms with Crippen molar-refractivity contribution >= 4 is 5.91 Å². The molecule has 1 aliphatic heterocycles. The van der Waals surface area contributed by atoms with Gasteiger partial charge in [-0.2, -0.15) is 0 Å². The number of primary amides is 1. The van der Waals surface area contributed by atoms with Crippen LogP contribution in [0.4, 0.5) is 0 Å². The molecule has 27 heavy (non-hydrogen) atoms. The number of nitrogens with one attached hydrogen (secondary N) is 1. The molecule has 1 amide bonds. The molecular weight excluding hydrogens is 348 g/mol. The van der Waals surface area contributed by atoms with E-state index in [1.54, 1.807) is 12.1 Å². The third-order valence-corrected chi connectivity index (χ3v) is 4.19. The SMILES string of the molecule is NC(=O)Cc1ccc(OCCNCCCc2ccc3c(c2)OCO3)c(O)c1. The summed E-state index contributed by atoms with van der Waals surface area (Å²) in [5.74, 6) is 1.59. The molecule has 0 saturated carbocycles. The highest BCUT2D eigenvalue weighted by Crippen LogP contribution is 2.32. The van der Waals surface area contributed by atoms with Gasteiger partial charge in [0.1, 0.15) is 6.61 Å². The fraction of sp³-hybridized carbons (Fsp3) is 0.350. The molecule has 0 unspecified atom stereocenters. The number of carbonyl (C=O) groups excluding carboxylic acids is 1. The molecule has 0 spiro atoms. The van der Waals surface area contributed by atoms with Crippen LogP contribution in [-0.2, 0) is 17.6 Å². The van der Waals surface area contributed by atoms with Crippen LogP contribution in [0.3, 0.4) is 0 Å². The van der Waals surface area contributed by atoms with Crippen LogP contribution in [0.15, 0.2) is 36.4 Å². The molecule has 7 heteroatoms. The zero-order valence-electron chi connectivity index (χ0n) is 15.1. The number of hydrogen-bond donors (Lipinski definition) is 3. The molecule has 4 N–H and O–H groups in total. The summed E-state index contributed by atoms with van der Waals surface area (Å²) in [7, 11) is 0. The van der Waals surface area contributed by atoms with E-state index in [1.807, 2.05) is 12.1 Å². The molecule has 7 nitrogen and oxygen atoms in total. The van der Waals surface area contributed by atoms with Crippen LogP contribution in [-0.4, -0.2) is 37.5 Å². The minimum Gasteiger partial charge on any atom is -0.504 e. The minimum absolute atomic E-state index is 0.0107. The lowest BCUT2D eigenvalue weighted by Crippen LogP contribution is -2.22. The van der Waals surface area contributed by atoms with Crippen LogP contribution < -0.4 is 25.3 Å². The second kappa shape index (κ2) is 9.14. The van der Waals surface area contributed by atoms with Gasteiger partial charge in [-0.3, -0.25) is 4.79 Å². The Kier molecular flexibility index (Phi) is 6.38. The van der Waals surface area contributed by atoms with Gasteiger partial charge in [0.25, 0.3) is 0 Å². The molecule has 2 aromatic carbocycles. The highest BCUT2D eigenvalue weighted by Gasteiger charge is 2.12. The number of ether oxygens (including phenoxy) is 3. The third kappa shape index (κ3) is 5.52. The molecule has 144 valence electrons. The molecule has 0 bridgehead atoms. The topological polar surface area (TPSA) is 103 Å². The Morgan fingerprint density at radius 1 is 1.11 bits per heavy atom. The van der Waals surface area contributed by atoms with Gasteiger partial charge < -0.3 is 30.4 Å². The van der Waals surface area contributed by atoms with Crippen molar-refractivity contribution in [1.29, 1.82) is 0 Å². The van der Waals surface area contributed by atoms with Crippen LogP contribution in [0, 0.1) is 0 Å². The number of amides is 1. The van der Waals surface area contributed by atoms with Gasteiger partial charge in [0.2, 0.25) is 12.7 Å². The molecule has 1 heterocycles. The average molecular weight is 372 g/mol. The van der Waals surface area contributed by atoms with Gasteiger partial charge in [-0.15, -0.1) is 0 Å². The average Bonchev–Trinajstić information content (AvgIpc) is 3.09. The van der Waals surface area contributed by atoms with E-state index in [1.165, 1.54) is 11.6 Å². The summed E-state index contributed by atoms with van der Waals surface area (Å²) < 4.78 is 16.2. The Bertz CT molecular complexity index is 794. The number of phenolic OH excluding ortho intramolecular Hbond substituents is 1. The highest BCUT2D eigenvalue weighted by atomic mass is 16.7. The van der Waals surface area contributed by atoms with Gasteiger partial charge in [0.15, 0.2) is 23.0 Å². The van der Waals surface area contributed by atoms with Crippen molar-refractivity contribution in [2.45, 2.75) is 19.3 Å². The van der Waals surface area contributed by atoms with Crippen molar-refractivity contribution < 1.29 is 24.1 Å². The summed E-state index contributed by atoms with van der Waals surface area (Å²) in [4.78, 5) is 10.9. The van der Waals surface area contributed by atoms with Gasteiger partial charge in [-0.05, 0) is 54.8 Å². The van der Waals surface area contributed by atoms with E-state index in [2.05, 4.69) is 11.4 Å². The zero-order valence-corrected chi connectivity index (χ0v) is 15.1. The predicted molar refractivity (Wildman–Crippen MR) is 100 cm³/mol. The van der Waals surface area contributed by atoms with Crippen LogP contribution >= 0.6 is 0 Å². The van der Waals surface area contributed by atoms with E-state index in [4.69, 9.17) is 19.9 Å². The molecule has 3 rings (SSSR count). The fourth-order valence-electron chi connectivity index (χ4n) is 2.87. The van der Waals surface area contributed by atoms with E-state index in [-0.39, 0.29) is 12.2 Å². The van der Waals surface area contributed by atoms with Gasteiger partial charge in [-0.1, -0.05) is 12.1 Å². The van der Waals surface area contributed by atoms with Crippen molar-refractivity contribution in [2.24, 2.45) is 5.73 Å². The quantitative estimate of drug-likeness (QED) is 0.549. The molecule has 0 aromatic heterocycles. The number of nitrogens with two attached hydrogens (primary N) is 1. The molecule has 1 aliphatic rings. The first kappa shape index (κ1) is 18.8. The third-order valence-electron chi connectivity index (χ3n) is 4.19. The van der Waals surface area contributed by atoms with Crippen LogP contribution in [0.5, 0.6) is 23.0 Å². The summed E-state index contributed by atoms with van der Waals surface area (Å²) in [5, 5.41) is 13.2. The number of phenols is 1. The van der Waals surface area contributed by atoms with Crippen molar-refractivity contribution in [3.05, 3.63) is 47.5 Å². The van der Waals surface area contributed by atoms with Crippen molar-refractivity contribution in [3.63, 3.8) is 0 Å². The van der Waals surface area contributed by atoms with Gasteiger partial charge >= 0.3 is 0 Å². The lowest BCUT2D eigenvalue weighted by Gasteiger charge is -2.10. The molecular formula is C20H24N2O5. The van der Waals surface area contributed by atoms with E-state index in [0.29, 0.717) is 31.3 Å². The Balaban J connectivity index is 1.31. The number of fused-ring (bicyclic) bond motifs is 1. The van der Waals surface area contributed by atoms with E-state index in [0.717, 1.165) is 30.9 Å². The maximum atomic E-state index is 10.9. The molecule has 0 atom stereocenters. The first-order valence-corrected chi connectivity index (χ1v) is 8.94. The Morgan fingerprint density at radius 3 is 2.74 bits per heavy atom. The second-order valence-corrected chi connectivity index (χ2v) is 6.33. The second-order valence-electron chi connectivity index (χ2n) is 6.33. The first-order chi connectivity index (χ1) is 13.1. The fourth-order valence-corrected chi connectivity index (χ4v) is 2.87. The van der Waals surface area contributed by atoms with Gasteiger partial charge in [0, 0.05) is 6.54 Å². The Labute approximate surface area is 158 Å². The Hall–Kier alpha value is -2.93. The summed E-state index contributed by atoms with van der Waals surface area (Å²) in [6.45, 7) is 2.27. The lowest BCUT2D eigenvalue weighted by molar-refractivity contribution is -0.117. The van der Waals surface area contributed by atoms with Crippen molar-refractivity contribution in [1.82, 2.24) is 5.32 Å². The van der Waals surface area contributed by atoms with Gasteiger partial charge in [0.05, 0.1) is 6.42 Å². The normalized spacial score (nSPS) is 12.1. The lowest BCUT2D eigenvalue weighted by atomic mass is 10.1.